The van der Waals surface area contributed by atoms with Crippen molar-refractivity contribution in [2.24, 2.45) is 0 Å². The van der Waals surface area contributed by atoms with Gasteiger partial charge in [0, 0.05) is 18.9 Å². The number of nitrogens with zero attached hydrogens (tertiary/aromatic N) is 1. The maximum atomic E-state index is 12.4. The molecule has 1 heterocycles. The van der Waals surface area contributed by atoms with E-state index in [1.54, 1.807) is 36.4 Å². The van der Waals surface area contributed by atoms with E-state index in [0.717, 1.165) is 19.4 Å². The number of carbonyl (C=O) groups is 2. The Kier molecular flexibility index (Phi) is 10.4. The molecule has 10 heteroatoms. The van der Waals surface area contributed by atoms with Crippen LogP contribution in [0, 0.1) is 0 Å². The van der Waals surface area contributed by atoms with Crippen molar-refractivity contribution in [1.82, 2.24) is 4.98 Å². The van der Waals surface area contributed by atoms with Gasteiger partial charge in [-0.1, -0.05) is 42.6 Å². The minimum atomic E-state index is -1.29. The molecule has 0 saturated heterocycles. The Morgan fingerprint density at radius 2 is 1.72 bits per heavy atom. The predicted octanol–water partition coefficient (Wildman–Crippen LogP) is 6.26. The second kappa shape index (κ2) is 13.7. The minimum Gasteiger partial charge on any atom is -0.491 e. The van der Waals surface area contributed by atoms with Gasteiger partial charge >= 0.3 is 5.97 Å². The molecule has 1 amide bonds. The lowest BCUT2D eigenvalue weighted by Gasteiger charge is -2.11. The van der Waals surface area contributed by atoms with Crippen molar-refractivity contribution in [2.75, 3.05) is 25.1 Å². The first-order chi connectivity index (χ1) is 17.4. The van der Waals surface area contributed by atoms with E-state index in [-0.39, 0.29) is 27.7 Å². The summed E-state index contributed by atoms with van der Waals surface area (Å²) in [5.41, 5.74) is 0.407. The van der Waals surface area contributed by atoms with E-state index < -0.39 is 11.9 Å². The summed E-state index contributed by atoms with van der Waals surface area (Å²) in [5.74, 6) is -0.0753. The molecule has 1 aromatic heterocycles. The minimum absolute atomic E-state index is 0.0270. The highest BCUT2D eigenvalue weighted by Crippen LogP contribution is 2.31. The zero-order valence-corrected chi connectivity index (χ0v) is 21.1. The number of hydrogen-bond acceptors (Lipinski definition) is 6. The number of pyridine rings is 1. The van der Waals surface area contributed by atoms with Crippen molar-refractivity contribution < 1.29 is 28.9 Å². The number of amides is 1. The number of benzene rings is 2. The summed E-state index contributed by atoms with van der Waals surface area (Å²) in [5, 5.41) is 11.9. The average Bonchev–Trinajstić information content (AvgIpc) is 2.85. The Hall–Kier alpha value is -3.33. The largest absolute Gasteiger partial charge is 0.491 e. The van der Waals surface area contributed by atoms with E-state index in [0.29, 0.717) is 36.2 Å². The van der Waals surface area contributed by atoms with Crippen LogP contribution in [0.25, 0.3) is 0 Å². The van der Waals surface area contributed by atoms with Crippen LogP contribution < -0.4 is 14.8 Å². The maximum Gasteiger partial charge on any atom is 0.339 e. The van der Waals surface area contributed by atoms with Crippen LogP contribution in [0.15, 0.2) is 54.7 Å². The number of nitrogens with one attached hydrogen (secondary N) is 1. The number of carbonyl (C=O) groups excluding carboxylic acids is 1. The van der Waals surface area contributed by atoms with Crippen LogP contribution >= 0.6 is 23.2 Å². The maximum absolute atomic E-state index is 12.4. The Labute approximate surface area is 219 Å². The van der Waals surface area contributed by atoms with Crippen LogP contribution in [-0.4, -0.2) is 41.8 Å². The highest BCUT2D eigenvalue weighted by atomic mass is 35.5. The Morgan fingerprint density at radius 3 is 2.39 bits per heavy atom. The van der Waals surface area contributed by atoms with Crippen LogP contribution in [0.4, 0.5) is 5.69 Å². The molecule has 0 aliphatic heterocycles. The molecule has 0 saturated carbocycles. The van der Waals surface area contributed by atoms with Crippen LogP contribution in [0.2, 0.25) is 10.0 Å². The molecule has 36 heavy (non-hydrogen) atoms. The van der Waals surface area contributed by atoms with Crippen LogP contribution in [0.3, 0.4) is 0 Å². The first-order valence-electron chi connectivity index (χ1n) is 11.3. The molecule has 190 valence electrons. The Bertz CT molecular complexity index is 1170. The molecule has 3 aromatic rings. The highest BCUT2D eigenvalue weighted by molar-refractivity contribution is 6.44. The highest BCUT2D eigenvalue weighted by Gasteiger charge is 2.19. The summed E-state index contributed by atoms with van der Waals surface area (Å²) >= 11 is 11.9. The van der Waals surface area contributed by atoms with Crippen molar-refractivity contribution in [3.05, 3.63) is 75.9 Å². The normalized spacial score (nSPS) is 10.6. The number of ether oxygens (including phenoxy) is 3. The molecule has 0 radical (unpaired) electrons. The summed E-state index contributed by atoms with van der Waals surface area (Å²) in [6.07, 6.45) is 3.63. The lowest BCUT2D eigenvalue weighted by atomic mass is 10.1. The molecule has 0 spiro atoms. The topological polar surface area (TPSA) is 107 Å². The summed E-state index contributed by atoms with van der Waals surface area (Å²) in [6, 6.07) is 13.3. The first-order valence-corrected chi connectivity index (χ1v) is 12.1. The third-order valence-corrected chi connectivity index (χ3v) is 5.73. The van der Waals surface area contributed by atoms with E-state index in [1.807, 2.05) is 0 Å². The van der Waals surface area contributed by atoms with Gasteiger partial charge in [0.05, 0.1) is 28.8 Å². The molecule has 0 bridgehead atoms. The number of halogens is 2. The first kappa shape index (κ1) is 27.3. The molecule has 3 rings (SSSR count). The lowest BCUT2D eigenvalue weighted by Crippen LogP contribution is -2.17. The van der Waals surface area contributed by atoms with Gasteiger partial charge in [-0.15, -0.1) is 0 Å². The summed E-state index contributed by atoms with van der Waals surface area (Å²) in [7, 11) is 0. The van der Waals surface area contributed by atoms with Gasteiger partial charge in [-0.2, -0.15) is 0 Å². The van der Waals surface area contributed by atoms with Crippen molar-refractivity contribution in [2.45, 2.75) is 26.2 Å². The lowest BCUT2D eigenvalue weighted by molar-refractivity contribution is -0.115. The fraction of sp³-hybridized carbons (Fsp3) is 0.269. The molecular formula is C26H26Cl2N2O6. The van der Waals surface area contributed by atoms with Crippen molar-refractivity contribution in [1.29, 1.82) is 0 Å². The molecule has 2 aromatic carbocycles. The molecule has 2 N–H and O–H groups in total. The van der Waals surface area contributed by atoms with Crippen molar-refractivity contribution in [3.63, 3.8) is 0 Å². The number of rotatable bonds is 13. The Balaban J connectivity index is 1.50. The number of unbranched alkanes of at least 4 members (excludes halogenated alkanes) is 1. The third kappa shape index (κ3) is 8.12. The number of aromatic carboxylic acids is 1. The number of aromatic nitrogens is 1. The number of carboxylic acid groups (broad SMARTS) is 1. The van der Waals surface area contributed by atoms with E-state index >= 15 is 0 Å². The molecule has 0 fully saturated rings. The van der Waals surface area contributed by atoms with Crippen molar-refractivity contribution >= 4 is 40.8 Å². The molecule has 0 aliphatic carbocycles. The molecule has 0 unspecified atom stereocenters. The van der Waals surface area contributed by atoms with Gasteiger partial charge in [0.2, 0.25) is 11.8 Å². The molecule has 0 aliphatic rings. The van der Waals surface area contributed by atoms with Crippen LogP contribution in [0.1, 0.15) is 35.7 Å². The van der Waals surface area contributed by atoms with E-state index in [9.17, 15) is 14.7 Å². The summed E-state index contributed by atoms with van der Waals surface area (Å²) in [4.78, 5) is 28.2. The summed E-state index contributed by atoms with van der Waals surface area (Å²) in [6.45, 7) is 3.88. The van der Waals surface area contributed by atoms with Crippen molar-refractivity contribution in [3.8, 4) is 17.4 Å². The fourth-order valence-corrected chi connectivity index (χ4v) is 3.51. The van der Waals surface area contributed by atoms with Gasteiger partial charge in [0.25, 0.3) is 0 Å². The van der Waals surface area contributed by atoms with Crippen LogP contribution in [-0.2, 0) is 16.0 Å². The smallest absolute Gasteiger partial charge is 0.339 e. The molecule has 8 nitrogen and oxygen atoms in total. The quantitative estimate of drug-likeness (QED) is 0.250. The fourth-order valence-electron chi connectivity index (χ4n) is 3.11. The number of anilines is 1. The summed E-state index contributed by atoms with van der Waals surface area (Å²) < 4.78 is 16.8. The SMILES string of the molecule is CCCCOCCOc1ccc(Oc2ccc(CC(=O)Nc3ccc(Cl)c(Cl)c3C(=O)O)cn2)cc1. The van der Waals surface area contributed by atoms with Gasteiger partial charge in [0.15, 0.2) is 0 Å². The zero-order valence-electron chi connectivity index (χ0n) is 19.6. The predicted molar refractivity (Wildman–Crippen MR) is 138 cm³/mol. The van der Waals surface area contributed by atoms with Gasteiger partial charge in [-0.25, -0.2) is 9.78 Å². The second-order valence-corrected chi connectivity index (χ2v) is 8.49. The zero-order chi connectivity index (χ0) is 25.9. The average molecular weight is 533 g/mol. The van der Waals surface area contributed by atoms with Gasteiger partial charge < -0.3 is 24.6 Å². The van der Waals surface area contributed by atoms with E-state index in [1.165, 1.54) is 18.3 Å². The van der Waals surface area contributed by atoms with Gasteiger partial charge in [-0.05, 0) is 48.4 Å². The second-order valence-electron chi connectivity index (χ2n) is 7.71. The standard InChI is InChI=1S/C26H26Cl2N2O6/c1-2-3-12-34-13-14-35-18-5-7-19(8-6-18)36-23-11-4-17(16-29-23)15-22(31)30-21-10-9-20(27)25(28)24(21)26(32)33/h4-11,16H,2-3,12-15H2,1H3,(H,30,31)(H,32,33). The molecular weight excluding hydrogens is 507 g/mol. The number of carboxylic acids is 1. The van der Waals surface area contributed by atoms with E-state index in [2.05, 4.69) is 17.2 Å². The van der Waals surface area contributed by atoms with Crippen LogP contribution in [0.5, 0.6) is 17.4 Å². The number of hydrogen-bond donors (Lipinski definition) is 2. The molecule has 0 atom stereocenters. The Morgan fingerprint density at radius 1 is 0.972 bits per heavy atom. The van der Waals surface area contributed by atoms with Gasteiger partial charge in [0.1, 0.15) is 23.7 Å². The monoisotopic (exact) mass is 532 g/mol. The third-order valence-electron chi connectivity index (χ3n) is 4.93. The van der Waals surface area contributed by atoms with Gasteiger partial charge in [-0.3, -0.25) is 4.79 Å². The van der Waals surface area contributed by atoms with E-state index in [4.69, 9.17) is 37.4 Å².